The second kappa shape index (κ2) is 9.48. The van der Waals surface area contributed by atoms with E-state index < -0.39 is 0 Å². The molecule has 1 aromatic heterocycles. The molecule has 1 aliphatic heterocycles. The average Bonchev–Trinajstić information content (AvgIpc) is 3.18. The number of carbonyl (C=O) groups is 1. The summed E-state index contributed by atoms with van der Waals surface area (Å²) in [6, 6.07) is 16.7. The minimum Gasteiger partial charge on any atom is -0.496 e. The van der Waals surface area contributed by atoms with Crippen LogP contribution >= 0.6 is 0 Å². The van der Waals surface area contributed by atoms with E-state index in [1.807, 2.05) is 19.1 Å². The number of aryl methyl sites for hydroxylation is 1. The molecule has 1 aliphatic rings. The molecule has 2 heterocycles. The lowest BCUT2D eigenvalue weighted by Crippen LogP contribution is -2.34. The third-order valence-corrected chi connectivity index (χ3v) is 6.45. The molecule has 4 rings (SSSR count). The van der Waals surface area contributed by atoms with Gasteiger partial charge in [-0.2, -0.15) is 0 Å². The molecule has 0 amide bonds. The van der Waals surface area contributed by atoms with Gasteiger partial charge in [0.2, 0.25) is 0 Å². The Morgan fingerprint density at radius 2 is 1.77 bits per heavy atom. The Morgan fingerprint density at radius 3 is 2.53 bits per heavy atom. The van der Waals surface area contributed by atoms with Gasteiger partial charge in [-0.25, -0.2) is 0 Å². The molecule has 0 aliphatic carbocycles. The van der Waals surface area contributed by atoms with Crippen molar-refractivity contribution in [3.8, 4) is 5.75 Å². The third-order valence-electron chi connectivity index (χ3n) is 6.45. The van der Waals surface area contributed by atoms with E-state index in [1.54, 1.807) is 7.11 Å². The van der Waals surface area contributed by atoms with Crippen LogP contribution < -0.4 is 4.74 Å². The molecule has 0 N–H and O–H groups in total. The van der Waals surface area contributed by atoms with Gasteiger partial charge in [-0.3, -0.25) is 4.79 Å². The number of benzene rings is 2. The first kappa shape index (κ1) is 20.7. The van der Waals surface area contributed by atoms with Crippen molar-refractivity contribution in [2.24, 2.45) is 0 Å². The van der Waals surface area contributed by atoms with Gasteiger partial charge in [-0.15, -0.1) is 0 Å². The molecule has 0 spiro atoms. The highest BCUT2D eigenvalue weighted by Crippen LogP contribution is 2.34. The normalized spacial score (nSPS) is 15.5. The lowest BCUT2D eigenvalue weighted by Gasteiger charge is -2.32. The monoisotopic (exact) mass is 404 g/mol. The predicted molar refractivity (Wildman–Crippen MR) is 123 cm³/mol. The SMILES string of the molecule is CCC(=O)c1cn(CCCN2CCC(c3ccccc3OC)CC2)c2ccccc12. The number of aromatic nitrogens is 1. The van der Waals surface area contributed by atoms with Crippen LogP contribution in [0.1, 0.15) is 54.4 Å². The Morgan fingerprint density at radius 1 is 1.03 bits per heavy atom. The maximum atomic E-state index is 12.3. The van der Waals surface area contributed by atoms with Crippen LogP contribution in [0.3, 0.4) is 0 Å². The number of ketones is 1. The van der Waals surface area contributed by atoms with Crippen molar-refractivity contribution in [3.05, 3.63) is 65.9 Å². The number of nitrogens with zero attached hydrogens (tertiary/aromatic N) is 2. The van der Waals surface area contributed by atoms with Gasteiger partial charge < -0.3 is 14.2 Å². The number of piperidine rings is 1. The highest BCUT2D eigenvalue weighted by atomic mass is 16.5. The van der Waals surface area contributed by atoms with Crippen LogP contribution in [0.4, 0.5) is 0 Å². The maximum Gasteiger partial charge on any atom is 0.164 e. The summed E-state index contributed by atoms with van der Waals surface area (Å²) >= 11 is 0. The first-order chi connectivity index (χ1) is 14.7. The summed E-state index contributed by atoms with van der Waals surface area (Å²) in [6.07, 6.45) is 6.07. The van der Waals surface area contributed by atoms with Crippen molar-refractivity contribution < 1.29 is 9.53 Å². The molecule has 158 valence electrons. The van der Waals surface area contributed by atoms with Crippen LogP contribution in [0.15, 0.2) is 54.7 Å². The molecule has 0 unspecified atom stereocenters. The van der Waals surface area contributed by atoms with E-state index in [4.69, 9.17) is 4.74 Å². The van der Waals surface area contributed by atoms with E-state index in [2.05, 4.69) is 52.1 Å². The smallest absolute Gasteiger partial charge is 0.164 e. The van der Waals surface area contributed by atoms with Crippen molar-refractivity contribution in [2.45, 2.75) is 45.1 Å². The minimum absolute atomic E-state index is 0.225. The Hall–Kier alpha value is -2.59. The average molecular weight is 405 g/mol. The maximum absolute atomic E-state index is 12.3. The molecule has 0 bridgehead atoms. The van der Waals surface area contributed by atoms with Gasteiger partial charge in [0, 0.05) is 35.6 Å². The summed E-state index contributed by atoms with van der Waals surface area (Å²) in [6.45, 7) is 6.25. The number of hydrogen-bond donors (Lipinski definition) is 0. The summed E-state index contributed by atoms with van der Waals surface area (Å²) in [4.78, 5) is 14.9. The Balaban J connectivity index is 1.33. The standard InChI is InChI=1S/C26H32N2O2/c1-3-25(29)23-19-28(24-11-6-4-10-22(23)24)16-8-15-27-17-13-20(14-18-27)21-9-5-7-12-26(21)30-2/h4-7,9-12,19-20H,3,8,13-18H2,1-2H3. The third kappa shape index (κ3) is 4.29. The van der Waals surface area contributed by atoms with E-state index in [0.29, 0.717) is 12.3 Å². The number of hydrogen-bond acceptors (Lipinski definition) is 3. The summed E-state index contributed by atoms with van der Waals surface area (Å²) < 4.78 is 7.82. The lowest BCUT2D eigenvalue weighted by atomic mass is 9.89. The number of likely N-dealkylation sites (tertiary alicyclic amines) is 1. The van der Waals surface area contributed by atoms with Crippen molar-refractivity contribution in [2.75, 3.05) is 26.7 Å². The van der Waals surface area contributed by atoms with Crippen LogP contribution in [-0.4, -0.2) is 42.0 Å². The summed E-state index contributed by atoms with van der Waals surface area (Å²) in [7, 11) is 1.76. The van der Waals surface area contributed by atoms with Gasteiger partial charge in [0.1, 0.15) is 5.75 Å². The summed E-state index contributed by atoms with van der Waals surface area (Å²) in [5.74, 6) is 1.84. The number of Topliss-reactive ketones (excluding diaryl/α,β-unsaturated/α-hetero) is 1. The predicted octanol–water partition coefficient (Wildman–Crippen LogP) is 5.51. The van der Waals surface area contributed by atoms with E-state index >= 15 is 0 Å². The van der Waals surface area contributed by atoms with Crippen LogP contribution in [0.5, 0.6) is 5.75 Å². The fraction of sp³-hybridized carbons (Fsp3) is 0.423. The molecular weight excluding hydrogens is 372 g/mol. The molecule has 4 heteroatoms. The first-order valence-corrected chi connectivity index (χ1v) is 11.2. The quantitative estimate of drug-likeness (QED) is 0.464. The van der Waals surface area contributed by atoms with Crippen LogP contribution in [0.25, 0.3) is 10.9 Å². The van der Waals surface area contributed by atoms with Crippen molar-refractivity contribution in [3.63, 3.8) is 0 Å². The van der Waals surface area contributed by atoms with Gasteiger partial charge in [0.05, 0.1) is 7.11 Å². The van der Waals surface area contributed by atoms with Gasteiger partial charge in [-0.1, -0.05) is 43.3 Å². The fourth-order valence-electron chi connectivity index (χ4n) is 4.78. The number of para-hydroxylation sites is 2. The molecule has 0 saturated carbocycles. The molecule has 3 aromatic rings. The van der Waals surface area contributed by atoms with E-state index in [1.165, 1.54) is 23.9 Å². The number of rotatable bonds is 8. The molecule has 0 atom stereocenters. The molecule has 2 aromatic carbocycles. The number of ether oxygens (including phenoxy) is 1. The first-order valence-electron chi connectivity index (χ1n) is 11.2. The van der Waals surface area contributed by atoms with Crippen LogP contribution in [0.2, 0.25) is 0 Å². The molecule has 1 fully saturated rings. The highest BCUT2D eigenvalue weighted by molar-refractivity contribution is 6.07. The van der Waals surface area contributed by atoms with Crippen LogP contribution in [0, 0.1) is 0 Å². The zero-order valence-electron chi connectivity index (χ0n) is 18.1. The zero-order valence-corrected chi connectivity index (χ0v) is 18.1. The molecule has 1 saturated heterocycles. The Kier molecular flexibility index (Phi) is 6.53. The molecule has 0 radical (unpaired) electrons. The molecular formula is C26H32N2O2. The van der Waals surface area contributed by atoms with Gasteiger partial charge in [0.15, 0.2) is 5.78 Å². The zero-order chi connectivity index (χ0) is 20.9. The molecule has 30 heavy (non-hydrogen) atoms. The van der Waals surface area contributed by atoms with Crippen molar-refractivity contribution >= 4 is 16.7 Å². The van der Waals surface area contributed by atoms with E-state index in [9.17, 15) is 4.79 Å². The topological polar surface area (TPSA) is 34.5 Å². The van der Waals surface area contributed by atoms with E-state index in [-0.39, 0.29) is 5.78 Å². The Bertz CT molecular complexity index is 999. The number of carbonyl (C=O) groups excluding carboxylic acids is 1. The summed E-state index contributed by atoms with van der Waals surface area (Å²) in [5, 5.41) is 1.09. The van der Waals surface area contributed by atoms with Crippen molar-refractivity contribution in [1.82, 2.24) is 9.47 Å². The Labute approximate surface area is 179 Å². The van der Waals surface area contributed by atoms with Gasteiger partial charge in [0.25, 0.3) is 0 Å². The fourth-order valence-corrected chi connectivity index (χ4v) is 4.78. The highest BCUT2D eigenvalue weighted by Gasteiger charge is 2.22. The lowest BCUT2D eigenvalue weighted by molar-refractivity contribution is 0.0989. The summed E-state index contributed by atoms with van der Waals surface area (Å²) in [5.41, 5.74) is 3.39. The van der Waals surface area contributed by atoms with Gasteiger partial charge >= 0.3 is 0 Å². The van der Waals surface area contributed by atoms with Crippen molar-refractivity contribution in [1.29, 1.82) is 0 Å². The minimum atomic E-state index is 0.225. The van der Waals surface area contributed by atoms with Gasteiger partial charge in [-0.05, 0) is 62.5 Å². The molecule has 4 nitrogen and oxygen atoms in total. The van der Waals surface area contributed by atoms with E-state index in [0.717, 1.165) is 49.3 Å². The number of fused-ring (bicyclic) bond motifs is 1. The largest absolute Gasteiger partial charge is 0.496 e. The number of methoxy groups -OCH3 is 1. The second-order valence-electron chi connectivity index (χ2n) is 8.24. The second-order valence-corrected chi connectivity index (χ2v) is 8.24. The van der Waals surface area contributed by atoms with Crippen LogP contribution in [-0.2, 0) is 6.54 Å².